The third kappa shape index (κ3) is 3.86. The van der Waals surface area contributed by atoms with Crippen LogP contribution < -0.4 is 11.1 Å². The second kappa shape index (κ2) is 7.90. The summed E-state index contributed by atoms with van der Waals surface area (Å²) >= 11 is 1.58. The summed E-state index contributed by atoms with van der Waals surface area (Å²) in [6.45, 7) is 3.21. The van der Waals surface area contributed by atoms with Crippen LogP contribution in [0.4, 0.5) is 11.5 Å². The minimum atomic E-state index is -0.678. The normalized spacial score (nSPS) is 16.2. The SMILES string of the molecule is CC(c1ccc2scnc2c1)N(CC1CC1)C(=O)C(=O)Nc1cnc(N)c2c1COC2. The fraction of sp³-hybridized carbons (Fsp3) is 0.364. The van der Waals surface area contributed by atoms with Crippen molar-refractivity contribution in [1.29, 1.82) is 0 Å². The topological polar surface area (TPSA) is 110 Å². The maximum Gasteiger partial charge on any atom is 0.313 e. The Kier molecular flexibility index (Phi) is 5.07. The van der Waals surface area contributed by atoms with E-state index in [0.717, 1.165) is 39.7 Å². The molecule has 0 spiro atoms. The zero-order valence-corrected chi connectivity index (χ0v) is 17.9. The van der Waals surface area contributed by atoms with Gasteiger partial charge in [0.15, 0.2) is 0 Å². The molecule has 0 saturated heterocycles. The highest BCUT2D eigenvalue weighted by atomic mass is 32.1. The van der Waals surface area contributed by atoms with Crippen LogP contribution in [0.15, 0.2) is 29.9 Å². The molecule has 160 valence electrons. The van der Waals surface area contributed by atoms with Crippen LogP contribution >= 0.6 is 11.3 Å². The Morgan fingerprint density at radius 3 is 2.90 bits per heavy atom. The van der Waals surface area contributed by atoms with Gasteiger partial charge in [-0.15, -0.1) is 11.3 Å². The molecule has 3 aromatic rings. The molecule has 1 fully saturated rings. The molecule has 9 heteroatoms. The van der Waals surface area contributed by atoms with Gasteiger partial charge in [-0.25, -0.2) is 9.97 Å². The molecule has 3 N–H and O–H groups in total. The number of nitrogens with zero attached hydrogens (tertiary/aromatic N) is 3. The summed E-state index contributed by atoms with van der Waals surface area (Å²) < 4.78 is 6.54. The van der Waals surface area contributed by atoms with Gasteiger partial charge in [0.25, 0.3) is 0 Å². The number of carbonyl (C=O) groups is 2. The Morgan fingerprint density at radius 2 is 2.10 bits per heavy atom. The molecular formula is C22H23N5O3S. The van der Waals surface area contributed by atoms with Crippen molar-refractivity contribution in [2.75, 3.05) is 17.6 Å². The van der Waals surface area contributed by atoms with E-state index in [1.165, 1.54) is 6.20 Å². The Balaban J connectivity index is 1.38. The summed E-state index contributed by atoms with van der Waals surface area (Å²) in [5.41, 5.74) is 11.6. The molecule has 5 rings (SSSR count). The summed E-state index contributed by atoms with van der Waals surface area (Å²) in [7, 11) is 0. The fourth-order valence-corrected chi connectivity index (χ4v) is 4.57. The van der Waals surface area contributed by atoms with Crippen LogP contribution in [0.2, 0.25) is 0 Å². The summed E-state index contributed by atoms with van der Waals surface area (Å²) in [4.78, 5) is 36.3. The van der Waals surface area contributed by atoms with Crippen molar-refractivity contribution in [3.05, 3.63) is 46.6 Å². The van der Waals surface area contributed by atoms with Crippen molar-refractivity contribution < 1.29 is 14.3 Å². The van der Waals surface area contributed by atoms with E-state index in [0.29, 0.717) is 37.2 Å². The molecule has 2 aliphatic rings. The van der Waals surface area contributed by atoms with Crippen molar-refractivity contribution >= 4 is 44.9 Å². The monoisotopic (exact) mass is 437 g/mol. The number of rotatable bonds is 5. The molecule has 1 aliphatic carbocycles. The Labute approximate surface area is 183 Å². The number of hydrogen-bond donors (Lipinski definition) is 2. The minimum absolute atomic E-state index is 0.247. The molecule has 1 aliphatic heterocycles. The number of benzene rings is 1. The Hall–Kier alpha value is -3.04. The maximum atomic E-state index is 13.2. The number of ether oxygens (including phenoxy) is 1. The number of thiazole rings is 1. The lowest BCUT2D eigenvalue weighted by Gasteiger charge is -2.29. The molecule has 0 radical (unpaired) electrons. The number of carbonyl (C=O) groups excluding carboxylic acids is 2. The summed E-state index contributed by atoms with van der Waals surface area (Å²) in [5, 5.41) is 2.74. The molecule has 1 aromatic carbocycles. The van der Waals surface area contributed by atoms with Gasteiger partial charge in [0.2, 0.25) is 0 Å². The lowest BCUT2D eigenvalue weighted by atomic mass is 10.1. The van der Waals surface area contributed by atoms with Crippen LogP contribution in [0.3, 0.4) is 0 Å². The maximum absolute atomic E-state index is 13.2. The number of anilines is 2. The van der Waals surface area contributed by atoms with Gasteiger partial charge in [-0.2, -0.15) is 0 Å². The lowest BCUT2D eigenvalue weighted by molar-refractivity contribution is -0.144. The number of nitrogens with one attached hydrogen (secondary N) is 1. The quantitative estimate of drug-likeness (QED) is 0.593. The number of pyridine rings is 1. The third-order valence-electron chi connectivity index (χ3n) is 5.98. The first kappa shape index (κ1) is 19.9. The Bertz CT molecular complexity index is 1170. The molecule has 1 saturated carbocycles. The Morgan fingerprint density at radius 1 is 1.29 bits per heavy atom. The molecule has 3 heterocycles. The summed E-state index contributed by atoms with van der Waals surface area (Å²) in [6, 6.07) is 5.77. The number of nitrogen functional groups attached to an aromatic ring is 1. The van der Waals surface area contributed by atoms with E-state index in [9.17, 15) is 9.59 Å². The first-order valence-electron chi connectivity index (χ1n) is 10.3. The van der Waals surface area contributed by atoms with E-state index < -0.39 is 11.8 Å². The van der Waals surface area contributed by atoms with Crippen LogP contribution in [0.5, 0.6) is 0 Å². The zero-order valence-electron chi connectivity index (χ0n) is 17.1. The first-order valence-corrected chi connectivity index (χ1v) is 11.2. The number of nitrogens with two attached hydrogens (primary N) is 1. The predicted octanol–water partition coefficient (Wildman–Crippen LogP) is 3.24. The number of fused-ring (bicyclic) bond motifs is 2. The van der Waals surface area contributed by atoms with Gasteiger partial charge in [0, 0.05) is 17.7 Å². The van der Waals surface area contributed by atoms with Crippen molar-refractivity contribution in [3.63, 3.8) is 0 Å². The first-order chi connectivity index (χ1) is 15.0. The van der Waals surface area contributed by atoms with E-state index in [4.69, 9.17) is 10.5 Å². The fourth-order valence-electron chi connectivity index (χ4n) is 3.91. The van der Waals surface area contributed by atoms with E-state index in [1.54, 1.807) is 16.2 Å². The van der Waals surface area contributed by atoms with Crippen LogP contribution in [-0.4, -0.2) is 33.2 Å². The van der Waals surface area contributed by atoms with E-state index in [1.807, 2.05) is 30.6 Å². The lowest BCUT2D eigenvalue weighted by Crippen LogP contribution is -2.42. The highest BCUT2D eigenvalue weighted by Gasteiger charge is 2.34. The predicted molar refractivity (Wildman–Crippen MR) is 118 cm³/mol. The van der Waals surface area contributed by atoms with Crippen molar-refractivity contribution in [3.8, 4) is 0 Å². The van der Waals surface area contributed by atoms with Gasteiger partial charge in [-0.05, 0) is 43.4 Å². The third-order valence-corrected chi connectivity index (χ3v) is 6.79. The second-order valence-electron chi connectivity index (χ2n) is 8.12. The van der Waals surface area contributed by atoms with Gasteiger partial charge in [0.1, 0.15) is 5.82 Å². The van der Waals surface area contributed by atoms with E-state index in [2.05, 4.69) is 15.3 Å². The largest absolute Gasteiger partial charge is 0.383 e. The van der Waals surface area contributed by atoms with Crippen LogP contribution in [0.25, 0.3) is 10.2 Å². The molecule has 1 atom stereocenters. The van der Waals surface area contributed by atoms with Gasteiger partial charge < -0.3 is 20.7 Å². The van der Waals surface area contributed by atoms with Gasteiger partial charge >= 0.3 is 11.8 Å². The molecular weight excluding hydrogens is 414 g/mol. The average molecular weight is 438 g/mol. The molecule has 2 aromatic heterocycles. The smallest absolute Gasteiger partial charge is 0.313 e. The minimum Gasteiger partial charge on any atom is -0.383 e. The second-order valence-corrected chi connectivity index (χ2v) is 9.00. The zero-order chi connectivity index (χ0) is 21.5. The van der Waals surface area contributed by atoms with E-state index >= 15 is 0 Å². The number of hydrogen-bond acceptors (Lipinski definition) is 7. The summed E-state index contributed by atoms with van der Waals surface area (Å²) in [5.74, 6) is -0.401. The van der Waals surface area contributed by atoms with Gasteiger partial charge in [-0.3, -0.25) is 9.59 Å². The average Bonchev–Trinajstić information content (AvgIpc) is 3.25. The van der Waals surface area contributed by atoms with Gasteiger partial charge in [0.05, 0.1) is 46.9 Å². The van der Waals surface area contributed by atoms with Crippen molar-refractivity contribution in [2.45, 2.75) is 39.0 Å². The number of aromatic nitrogens is 2. The van der Waals surface area contributed by atoms with Crippen LogP contribution in [0, 0.1) is 5.92 Å². The van der Waals surface area contributed by atoms with Crippen LogP contribution in [0.1, 0.15) is 42.5 Å². The summed E-state index contributed by atoms with van der Waals surface area (Å²) in [6.07, 6.45) is 3.64. The molecule has 8 nitrogen and oxygen atoms in total. The van der Waals surface area contributed by atoms with Crippen molar-refractivity contribution in [2.24, 2.45) is 5.92 Å². The molecule has 1 unspecified atom stereocenters. The van der Waals surface area contributed by atoms with Crippen molar-refractivity contribution in [1.82, 2.24) is 14.9 Å². The highest BCUT2D eigenvalue weighted by molar-refractivity contribution is 7.16. The number of amides is 2. The van der Waals surface area contributed by atoms with Crippen LogP contribution in [-0.2, 0) is 27.5 Å². The highest BCUT2D eigenvalue weighted by Crippen LogP contribution is 2.34. The molecule has 0 bridgehead atoms. The molecule has 2 amide bonds. The standard InChI is InChI=1S/C22H23N5O3S/c1-12(14-4-5-19-17(6-14)25-11-31-19)27(8-13-2-3-13)22(29)21(28)26-18-7-24-20(23)16-10-30-9-15(16)18/h4-7,11-13H,2-3,8-10H2,1H3,(H2,23,24)(H,26,28). The van der Waals surface area contributed by atoms with E-state index in [-0.39, 0.29) is 6.04 Å². The molecule has 31 heavy (non-hydrogen) atoms. The van der Waals surface area contributed by atoms with Gasteiger partial charge in [-0.1, -0.05) is 6.07 Å².